The summed E-state index contributed by atoms with van der Waals surface area (Å²) in [5, 5.41) is 8.57. The smallest absolute Gasteiger partial charge is 0.123 e. The van der Waals surface area contributed by atoms with Gasteiger partial charge in [0.25, 0.3) is 0 Å². The number of aromatic nitrogens is 2. The first-order valence-corrected chi connectivity index (χ1v) is 10.7. The molecule has 4 nitrogen and oxygen atoms in total. The molecule has 1 fully saturated rings. The van der Waals surface area contributed by atoms with E-state index in [0.717, 1.165) is 17.7 Å². The monoisotopic (exact) mass is 395 g/mol. The third-order valence-corrected chi connectivity index (χ3v) is 7.14. The van der Waals surface area contributed by atoms with Gasteiger partial charge < -0.3 is 4.74 Å². The largest absolute Gasteiger partial charge is 0.501 e. The first-order valence-electron chi connectivity index (χ1n) is 10.7. The van der Waals surface area contributed by atoms with E-state index < -0.39 is 5.67 Å². The number of rotatable bonds is 4. The lowest BCUT2D eigenvalue weighted by atomic mass is 9.73. The molecule has 1 saturated carbocycles. The van der Waals surface area contributed by atoms with E-state index in [1.165, 1.54) is 22.1 Å². The van der Waals surface area contributed by atoms with Gasteiger partial charge in [0, 0.05) is 29.9 Å². The van der Waals surface area contributed by atoms with Gasteiger partial charge in [0.1, 0.15) is 11.4 Å². The van der Waals surface area contributed by atoms with E-state index in [0.29, 0.717) is 25.3 Å². The van der Waals surface area contributed by atoms with E-state index in [1.54, 1.807) is 7.11 Å². The summed E-state index contributed by atoms with van der Waals surface area (Å²) in [5.41, 5.74) is 3.93. The zero-order chi connectivity index (χ0) is 20.3. The number of methoxy groups -OCH3 is 1. The molecule has 1 aliphatic heterocycles. The first kappa shape index (κ1) is 18.9. The van der Waals surface area contributed by atoms with Gasteiger partial charge in [0.2, 0.25) is 0 Å². The Morgan fingerprint density at radius 1 is 1.31 bits per heavy atom. The van der Waals surface area contributed by atoms with Crippen LogP contribution in [-0.4, -0.2) is 40.5 Å². The maximum atomic E-state index is 15.0. The SMILES string of the molecule is COC1=CC(C)=CC(C)C1[C@@H]1c2ccc3[nH]ncc3c2C[C@@H](C)N1CC1(F)CC1. The highest BCUT2D eigenvalue weighted by molar-refractivity contribution is 5.83. The van der Waals surface area contributed by atoms with E-state index in [4.69, 9.17) is 4.74 Å². The third kappa shape index (κ3) is 3.10. The molecule has 0 amide bonds. The third-order valence-electron chi connectivity index (χ3n) is 7.14. The van der Waals surface area contributed by atoms with Crippen LogP contribution >= 0.6 is 0 Å². The summed E-state index contributed by atoms with van der Waals surface area (Å²) in [5.74, 6) is 1.48. The Kier molecular flexibility index (Phi) is 4.35. The Balaban J connectivity index is 1.67. The van der Waals surface area contributed by atoms with Gasteiger partial charge in [-0.2, -0.15) is 5.10 Å². The molecule has 1 aromatic carbocycles. The summed E-state index contributed by atoms with van der Waals surface area (Å²) in [6.45, 7) is 7.13. The van der Waals surface area contributed by atoms with Gasteiger partial charge in [0.15, 0.2) is 0 Å². The topological polar surface area (TPSA) is 41.1 Å². The Hall–Kier alpha value is -2.14. The standard InChI is InChI=1S/C24H30FN3O/c1-14-9-15(2)22(21(10-14)29-4)23-17-5-6-20-19(12-26-27-20)18(17)11-16(3)28(23)13-24(25)7-8-24/h5-6,9-10,12,15-16,22-23H,7-8,11,13H2,1-4H3,(H,26,27)/t15?,16-,22?,23+/m1/s1. The Bertz CT molecular complexity index is 1000. The highest BCUT2D eigenvalue weighted by atomic mass is 19.1. The molecule has 1 N–H and O–H groups in total. The van der Waals surface area contributed by atoms with Crippen LogP contribution in [-0.2, 0) is 11.2 Å². The number of ether oxygens (including phenoxy) is 1. The van der Waals surface area contributed by atoms with Crippen molar-refractivity contribution < 1.29 is 9.13 Å². The van der Waals surface area contributed by atoms with Crippen LogP contribution in [0.3, 0.4) is 0 Å². The van der Waals surface area contributed by atoms with E-state index >= 15 is 4.39 Å². The molecule has 0 radical (unpaired) electrons. The van der Waals surface area contributed by atoms with Crippen molar-refractivity contribution in [2.45, 2.75) is 57.8 Å². The summed E-state index contributed by atoms with van der Waals surface area (Å²) < 4.78 is 20.9. The number of hydrogen-bond acceptors (Lipinski definition) is 3. The van der Waals surface area contributed by atoms with E-state index in [2.05, 4.69) is 60.2 Å². The summed E-state index contributed by atoms with van der Waals surface area (Å²) in [6.07, 6.45) is 8.70. The van der Waals surface area contributed by atoms with Crippen LogP contribution in [0.15, 0.2) is 41.8 Å². The molecule has 0 bridgehead atoms. The highest BCUT2D eigenvalue weighted by Crippen LogP contribution is 2.50. The van der Waals surface area contributed by atoms with Crippen molar-refractivity contribution in [3.05, 3.63) is 52.9 Å². The van der Waals surface area contributed by atoms with Crippen LogP contribution in [0.2, 0.25) is 0 Å². The molecule has 0 saturated heterocycles. The number of aromatic amines is 1. The van der Waals surface area contributed by atoms with Crippen molar-refractivity contribution >= 4 is 10.9 Å². The summed E-state index contributed by atoms with van der Waals surface area (Å²) >= 11 is 0. The van der Waals surface area contributed by atoms with E-state index in [1.807, 2.05) is 6.20 Å². The fourth-order valence-electron chi connectivity index (χ4n) is 5.52. The molecular formula is C24H30FN3O. The Labute approximate surface area is 171 Å². The van der Waals surface area contributed by atoms with Gasteiger partial charge in [-0.25, -0.2) is 4.39 Å². The lowest BCUT2D eigenvalue weighted by molar-refractivity contribution is 0.0328. The minimum Gasteiger partial charge on any atom is -0.501 e. The van der Waals surface area contributed by atoms with Crippen LogP contribution in [0.25, 0.3) is 10.9 Å². The lowest BCUT2D eigenvalue weighted by Gasteiger charge is -2.48. The number of benzene rings is 1. The van der Waals surface area contributed by atoms with Gasteiger partial charge >= 0.3 is 0 Å². The quantitative estimate of drug-likeness (QED) is 0.783. The van der Waals surface area contributed by atoms with Gasteiger partial charge in [-0.1, -0.05) is 24.6 Å². The zero-order valence-electron chi connectivity index (χ0n) is 17.7. The molecule has 3 aliphatic rings. The Morgan fingerprint density at radius 2 is 2.10 bits per heavy atom. The number of fused-ring (bicyclic) bond motifs is 3. The number of nitrogens with one attached hydrogen (secondary N) is 1. The average Bonchev–Trinajstić information content (AvgIpc) is 3.21. The number of H-pyrrole nitrogens is 1. The maximum absolute atomic E-state index is 15.0. The fourth-order valence-corrected chi connectivity index (χ4v) is 5.52. The molecule has 1 aromatic heterocycles. The van der Waals surface area contributed by atoms with Crippen molar-refractivity contribution in [2.75, 3.05) is 13.7 Å². The minimum atomic E-state index is -1.02. The minimum absolute atomic E-state index is 0.0897. The average molecular weight is 396 g/mol. The summed E-state index contributed by atoms with van der Waals surface area (Å²) in [6, 6.07) is 4.70. The van der Waals surface area contributed by atoms with Crippen molar-refractivity contribution in [1.29, 1.82) is 0 Å². The number of hydrogen-bond donors (Lipinski definition) is 1. The number of nitrogens with zero attached hydrogens (tertiary/aromatic N) is 2. The van der Waals surface area contributed by atoms with Crippen molar-refractivity contribution in [2.24, 2.45) is 11.8 Å². The van der Waals surface area contributed by atoms with Gasteiger partial charge in [-0.15, -0.1) is 0 Å². The zero-order valence-corrected chi connectivity index (χ0v) is 17.7. The van der Waals surface area contributed by atoms with Crippen LogP contribution in [0.4, 0.5) is 4.39 Å². The van der Waals surface area contributed by atoms with E-state index in [9.17, 15) is 0 Å². The molecule has 29 heavy (non-hydrogen) atoms. The molecular weight excluding hydrogens is 365 g/mol. The van der Waals surface area contributed by atoms with Crippen LogP contribution in [0.5, 0.6) is 0 Å². The molecule has 2 aliphatic carbocycles. The molecule has 2 aromatic rings. The second-order valence-electron chi connectivity index (χ2n) is 9.33. The van der Waals surface area contributed by atoms with Crippen LogP contribution in [0, 0.1) is 11.8 Å². The van der Waals surface area contributed by atoms with Gasteiger partial charge in [0.05, 0.1) is 18.8 Å². The maximum Gasteiger partial charge on any atom is 0.123 e. The molecule has 5 heteroatoms. The molecule has 5 rings (SSSR count). The normalized spacial score (nSPS) is 31.2. The van der Waals surface area contributed by atoms with Crippen molar-refractivity contribution in [1.82, 2.24) is 15.1 Å². The number of alkyl halides is 1. The molecule has 4 atom stereocenters. The second kappa shape index (κ2) is 6.69. The van der Waals surface area contributed by atoms with Crippen LogP contribution in [0.1, 0.15) is 50.8 Å². The predicted octanol–water partition coefficient (Wildman–Crippen LogP) is 5.10. The lowest BCUT2D eigenvalue weighted by Crippen LogP contribution is -2.49. The number of allylic oxidation sites excluding steroid dienone is 3. The fraction of sp³-hybridized carbons (Fsp3) is 0.542. The van der Waals surface area contributed by atoms with Gasteiger partial charge in [-0.3, -0.25) is 10.00 Å². The molecule has 2 heterocycles. The second-order valence-corrected chi connectivity index (χ2v) is 9.33. The number of halogens is 1. The molecule has 2 unspecified atom stereocenters. The Morgan fingerprint density at radius 3 is 2.83 bits per heavy atom. The highest BCUT2D eigenvalue weighted by Gasteiger charge is 2.50. The first-order chi connectivity index (χ1) is 13.9. The van der Waals surface area contributed by atoms with Crippen molar-refractivity contribution in [3.8, 4) is 0 Å². The molecule has 0 spiro atoms. The van der Waals surface area contributed by atoms with E-state index in [-0.39, 0.29) is 18.0 Å². The summed E-state index contributed by atoms with van der Waals surface area (Å²) in [7, 11) is 1.76. The molecule has 154 valence electrons. The van der Waals surface area contributed by atoms with Crippen molar-refractivity contribution in [3.63, 3.8) is 0 Å². The predicted molar refractivity (Wildman–Crippen MR) is 113 cm³/mol. The van der Waals surface area contributed by atoms with Crippen LogP contribution < -0.4 is 0 Å². The van der Waals surface area contributed by atoms with Gasteiger partial charge in [-0.05, 0) is 62.3 Å². The summed E-state index contributed by atoms with van der Waals surface area (Å²) in [4.78, 5) is 2.42.